The summed E-state index contributed by atoms with van der Waals surface area (Å²) in [6.45, 7) is 7.99. The summed E-state index contributed by atoms with van der Waals surface area (Å²) in [5.41, 5.74) is 1.40. The van der Waals surface area contributed by atoms with Gasteiger partial charge in [-0.1, -0.05) is 48.7 Å². The number of unbranched alkanes of at least 4 members (excludes halogenated alkanes) is 3. The van der Waals surface area contributed by atoms with Crippen LogP contribution in [0.4, 0.5) is 0 Å². The van der Waals surface area contributed by atoms with Crippen LogP contribution in [0.5, 0.6) is 0 Å². The molecule has 96 valence electrons. The predicted molar refractivity (Wildman–Crippen MR) is 80.4 cm³/mol. The van der Waals surface area contributed by atoms with Crippen LogP contribution in [0.25, 0.3) is 0 Å². The molecule has 0 amide bonds. The van der Waals surface area contributed by atoms with Crippen LogP contribution in [0.3, 0.4) is 0 Å². The SMILES string of the molecule is C=CC(C)(C)C#CCCCCCc1ccccc1. The van der Waals surface area contributed by atoms with Gasteiger partial charge in [0, 0.05) is 11.8 Å². The predicted octanol–water partition coefficient (Wildman–Crippen LogP) is 5.01. The van der Waals surface area contributed by atoms with Gasteiger partial charge in [-0.25, -0.2) is 0 Å². The van der Waals surface area contributed by atoms with Crippen LogP contribution < -0.4 is 0 Å². The van der Waals surface area contributed by atoms with Crippen molar-refractivity contribution in [3.8, 4) is 11.8 Å². The van der Waals surface area contributed by atoms with Gasteiger partial charge < -0.3 is 0 Å². The largest absolute Gasteiger partial charge is 0.102 e. The molecule has 0 unspecified atom stereocenters. The normalized spacial score (nSPS) is 10.6. The molecule has 0 nitrogen and oxygen atoms in total. The minimum Gasteiger partial charge on any atom is -0.102 e. The Morgan fingerprint density at radius 3 is 2.50 bits per heavy atom. The molecule has 0 saturated heterocycles. The van der Waals surface area contributed by atoms with Gasteiger partial charge in [-0.05, 0) is 38.7 Å². The van der Waals surface area contributed by atoms with Gasteiger partial charge in [0.25, 0.3) is 0 Å². The average Bonchev–Trinajstić information content (AvgIpc) is 2.39. The van der Waals surface area contributed by atoms with Crippen LogP contribution in [0, 0.1) is 17.3 Å². The van der Waals surface area contributed by atoms with E-state index in [4.69, 9.17) is 0 Å². The molecule has 0 heteroatoms. The zero-order valence-corrected chi connectivity index (χ0v) is 11.7. The van der Waals surface area contributed by atoms with E-state index in [-0.39, 0.29) is 5.41 Å². The third-order valence-electron chi connectivity index (χ3n) is 3.03. The molecular formula is C18H24. The Hall–Kier alpha value is -1.48. The zero-order valence-electron chi connectivity index (χ0n) is 11.7. The monoisotopic (exact) mass is 240 g/mol. The first-order valence-electron chi connectivity index (χ1n) is 6.81. The van der Waals surface area contributed by atoms with Gasteiger partial charge in [-0.15, -0.1) is 12.5 Å². The van der Waals surface area contributed by atoms with Gasteiger partial charge in [0.05, 0.1) is 0 Å². The lowest BCUT2D eigenvalue weighted by Gasteiger charge is -2.09. The Bertz CT molecular complexity index is 401. The highest BCUT2D eigenvalue weighted by atomic mass is 14.1. The van der Waals surface area contributed by atoms with Crippen molar-refractivity contribution in [1.82, 2.24) is 0 Å². The first kappa shape index (κ1) is 14.6. The molecule has 1 aromatic carbocycles. The summed E-state index contributed by atoms with van der Waals surface area (Å²) in [4.78, 5) is 0. The second-order valence-electron chi connectivity index (χ2n) is 5.27. The number of hydrogen-bond donors (Lipinski definition) is 0. The van der Waals surface area contributed by atoms with Crippen molar-refractivity contribution in [2.75, 3.05) is 0 Å². The maximum Gasteiger partial charge on any atom is 0.0434 e. The molecule has 0 atom stereocenters. The molecule has 0 radical (unpaired) electrons. The maximum absolute atomic E-state index is 3.79. The lowest BCUT2D eigenvalue weighted by molar-refractivity contribution is 0.653. The van der Waals surface area contributed by atoms with E-state index in [0.29, 0.717) is 0 Å². The Morgan fingerprint density at radius 1 is 1.11 bits per heavy atom. The number of rotatable bonds is 6. The minimum atomic E-state index is -0.0377. The molecule has 0 spiro atoms. The van der Waals surface area contributed by atoms with Gasteiger partial charge >= 0.3 is 0 Å². The molecule has 1 aromatic rings. The molecule has 0 aromatic heterocycles. The second kappa shape index (κ2) is 7.77. The highest BCUT2D eigenvalue weighted by molar-refractivity contribution is 5.15. The van der Waals surface area contributed by atoms with Crippen LogP contribution in [-0.4, -0.2) is 0 Å². The van der Waals surface area contributed by atoms with Gasteiger partial charge in [-0.3, -0.25) is 0 Å². The molecule has 0 bridgehead atoms. The van der Waals surface area contributed by atoms with Crippen LogP contribution in [0.2, 0.25) is 0 Å². The van der Waals surface area contributed by atoms with Crippen molar-refractivity contribution < 1.29 is 0 Å². The van der Waals surface area contributed by atoms with Crippen molar-refractivity contribution in [3.63, 3.8) is 0 Å². The first-order valence-corrected chi connectivity index (χ1v) is 6.81. The number of allylic oxidation sites excluding steroid dienone is 1. The topological polar surface area (TPSA) is 0 Å². The van der Waals surface area contributed by atoms with E-state index in [1.807, 2.05) is 6.08 Å². The molecule has 0 aliphatic heterocycles. The smallest absolute Gasteiger partial charge is 0.0434 e. The van der Waals surface area contributed by atoms with Gasteiger partial charge in [-0.2, -0.15) is 0 Å². The molecular weight excluding hydrogens is 216 g/mol. The van der Waals surface area contributed by atoms with E-state index in [1.165, 1.54) is 31.2 Å². The van der Waals surface area contributed by atoms with E-state index in [0.717, 1.165) is 6.42 Å². The van der Waals surface area contributed by atoms with Crippen LogP contribution in [0.15, 0.2) is 43.0 Å². The minimum absolute atomic E-state index is 0.0377. The Labute approximate surface area is 112 Å². The highest BCUT2D eigenvalue weighted by Crippen LogP contribution is 2.14. The van der Waals surface area contributed by atoms with Crippen molar-refractivity contribution in [2.45, 2.75) is 46.0 Å². The van der Waals surface area contributed by atoms with Crippen molar-refractivity contribution in [3.05, 3.63) is 48.6 Å². The van der Waals surface area contributed by atoms with E-state index in [2.05, 4.69) is 62.6 Å². The van der Waals surface area contributed by atoms with Crippen LogP contribution >= 0.6 is 0 Å². The summed E-state index contributed by atoms with van der Waals surface area (Å²) in [6.07, 6.45) is 7.83. The van der Waals surface area contributed by atoms with Crippen molar-refractivity contribution >= 4 is 0 Å². The zero-order chi connectivity index (χ0) is 13.3. The van der Waals surface area contributed by atoms with Crippen molar-refractivity contribution in [1.29, 1.82) is 0 Å². The fraction of sp³-hybridized carbons (Fsp3) is 0.444. The second-order valence-corrected chi connectivity index (χ2v) is 5.27. The molecule has 0 saturated carbocycles. The molecule has 0 N–H and O–H groups in total. The molecule has 0 aliphatic rings. The van der Waals surface area contributed by atoms with Crippen LogP contribution in [0.1, 0.15) is 45.1 Å². The third kappa shape index (κ3) is 6.30. The number of hydrogen-bond acceptors (Lipinski definition) is 0. The quantitative estimate of drug-likeness (QED) is 0.373. The van der Waals surface area contributed by atoms with E-state index in [9.17, 15) is 0 Å². The Morgan fingerprint density at radius 2 is 1.83 bits per heavy atom. The highest BCUT2D eigenvalue weighted by Gasteiger charge is 2.06. The maximum atomic E-state index is 3.79. The first-order chi connectivity index (χ1) is 8.64. The summed E-state index contributed by atoms with van der Waals surface area (Å²) >= 11 is 0. The summed E-state index contributed by atoms with van der Waals surface area (Å²) in [6, 6.07) is 10.7. The average molecular weight is 240 g/mol. The summed E-state index contributed by atoms with van der Waals surface area (Å²) < 4.78 is 0. The molecule has 0 aliphatic carbocycles. The van der Waals surface area contributed by atoms with E-state index in [1.54, 1.807) is 0 Å². The van der Waals surface area contributed by atoms with Crippen molar-refractivity contribution in [2.24, 2.45) is 5.41 Å². The van der Waals surface area contributed by atoms with E-state index >= 15 is 0 Å². The van der Waals surface area contributed by atoms with Gasteiger partial charge in [0.1, 0.15) is 0 Å². The Kier molecular flexibility index (Phi) is 6.29. The molecule has 18 heavy (non-hydrogen) atoms. The van der Waals surface area contributed by atoms with Gasteiger partial charge in [0.15, 0.2) is 0 Å². The summed E-state index contributed by atoms with van der Waals surface area (Å²) in [5.74, 6) is 6.50. The molecule has 0 fully saturated rings. The van der Waals surface area contributed by atoms with E-state index < -0.39 is 0 Å². The third-order valence-corrected chi connectivity index (χ3v) is 3.03. The van der Waals surface area contributed by atoms with Crippen LogP contribution in [-0.2, 0) is 6.42 Å². The Balaban J connectivity index is 2.11. The summed E-state index contributed by atoms with van der Waals surface area (Å²) in [5, 5.41) is 0. The lowest BCUT2D eigenvalue weighted by Crippen LogP contribution is -2.01. The summed E-state index contributed by atoms with van der Waals surface area (Å²) in [7, 11) is 0. The van der Waals surface area contributed by atoms with Gasteiger partial charge in [0.2, 0.25) is 0 Å². The standard InChI is InChI=1S/C18H24/c1-4-18(2,3)16-12-7-5-6-9-13-17-14-10-8-11-15-17/h4,8,10-11,14-15H,1,5-7,9,13H2,2-3H3. The molecule has 1 rings (SSSR count). The lowest BCUT2D eigenvalue weighted by atomic mass is 9.94. The fourth-order valence-electron chi connectivity index (χ4n) is 1.71. The number of aryl methyl sites for hydroxylation is 1. The number of benzene rings is 1. The fourth-order valence-corrected chi connectivity index (χ4v) is 1.71. The molecule has 0 heterocycles.